The quantitative estimate of drug-likeness (QED) is 0.839. The Kier molecular flexibility index (Phi) is 4.20. The van der Waals surface area contributed by atoms with E-state index in [-0.39, 0.29) is 0 Å². The maximum atomic E-state index is 13.2. The summed E-state index contributed by atoms with van der Waals surface area (Å²) in [5, 5.41) is 2.26. The van der Waals surface area contributed by atoms with Crippen LogP contribution >= 0.6 is 0 Å². The number of fused-ring (bicyclic) bond motifs is 1. The minimum atomic E-state index is -4.99. The van der Waals surface area contributed by atoms with Crippen LogP contribution in [0.3, 0.4) is 0 Å². The zero-order valence-corrected chi connectivity index (χ0v) is 13.5. The molecule has 1 aromatic rings. The lowest BCUT2D eigenvalue weighted by atomic mass is 10.2. The van der Waals surface area contributed by atoms with Gasteiger partial charge in [0, 0.05) is 6.04 Å². The topological polar surface area (TPSA) is 105 Å². The highest BCUT2D eigenvalue weighted by molar-refractivity contribution is 7.91. The van der Waals surface area contributed by atoms with E-state index in [2.05, 4.69) is 9.71 Å². The molecule has 1 aliphatic heterocycles. The highest BCUT2D eigenvalue weighted by Crippen LogP contribution is 2.39. The third-order valence-electron chi connectivity index (χ3n) is 2.76. The van der Waals surface area contributed by atoms with Crippen LogP contribution in [0.1, 0.15) is 19.4 Å². The van der Waals surface area contributed by atoms with Crippen LogP contribution in [0.2, 0.25) is 0 Å². The molecule has 1 aromatic carbocycles. The molecule has 2 rings (SSSR count). The molecule has 0 saturated heterocycles. The van der Waals surface area contributed by atoms with Gasteiger partial charge >= 0.3 is 6.18 Å². The van der Waals surface area contributed by atoms with Crippen molar-refractivity contribution < 1.29 is 30.0 Å². The monoisotopic (exact) mass is 371 g/mol. The second-order valence-corrected chi connectivity index (χ2v) is 8.26. The SMILES string of the molecule is CC(C)NS(=O)(=O)c1cc2c(cc1C(F)(F)F)NC=NS2(=O)=O. The fraction of sp³-hybridized carbons (Fsp3) is 0.364. The van der Waals surface area contributed by atoms with Crippen molar-refractivity contribution in [3.8, 4) is 0 Å². The Morgan fingerprint density at radius 2 is 1.87 bits per heavy atom. The Hall–Kier alpha value is -1.66. The van der Waals surface area contributed by atoms with E-state index in [9.17, 15) is 30.0 Å². The van der Waals surface area contributed by atoms with E-state index >= 15 is 0 Å². The maximum absolute atomic E-state index is 13.2. The average Bonchev–Trinajstić information content (AvgIpc) is 2.34. The van der Waals surface area contributed by atoms with Gasteiger partial charge in [0.05, 0.1) is 16.1 Å². The second kappa shape index (κ2) is 5.46. The van der Waals surface area contributed by atoms with Crippen LogP contribution in [-0.2, 0) is 26.2 Å². The highest BCUT2D eigenvalue weighted by atomic mass is 32.2. The molecule has 0 aromatic heterocycles. The van der Waals surface area contributed by atoms with E-state index in [1.165, 1.54) is 13.8 Å². The lowest BCUT2D eigenvalue weighted by Gasteiger charge is -2.20. The van der Waals surface area contributed by atoms with Gasteiger partial charge in [0.2, 0.25) is 10.0 Å². The molecule has 0 radical (unpaired) electrons. The molecule has 1 aliphatic rings. The fourth-order valence-corrected chi connectivity index (χ4v) is 4.45. The van der Waals surface area contributed by atoms with Gasteiger partial charge in [0.1, 0.15) is 11.2 Å². The molecule has 0 unspecified atom stereocenters. The van der Waals surface area contributed by atoms with Crippen molar-refractivity contribution >= 4 is 32.1 Å². The molecular formula is C11H12F3N3O4S2. The largest absolute Gasteiger partial charge is 0.417 e. The molecule has 0 fully saturated rings. The molecule has 0 amide bonds. The van der Waals surface area contributed by atoms with Crippen molar-refractivity contribution in [1.29, 1.82) is 0 Å². The van der Waals surface area contributed by atoms with Crippen LogP contribution in [-0.4, -0.2) is 29.2 Å². The van der Waals surface area contributed by atoms with Gasteiger partial charge < -0.3 is 5.32 Å². The summed E-state index contributed by atoms with van der Waals surface area (Å²) in [5.74, 6) is 0. The lowest BCUT2D eigenvalue weighted by molar-refractivity contribution is -0.139. The number of nitrogens with one attached hydrogen (secondary N) is 2. The molecule has 23 heavy (non-hydrogen) atoms. The van der Waals surface area contributed by atoms with E-state index in [0.29, 0.717) is 12.1 Å². The zero-order chi connectivity index (χ0) is 17.6. The van der Waals surface area contributed by atoms with Crippen molar-refractivity contribution in [1.82, 2.24) is 4.72 Å². The Morgan fingerprint density at radius 1 is 1.26 bits per heavy atom. The highest BCUT2D eigenvalue weighted by Gasteiger charge is 2.40. The van der Waals surface area contributed by atoms with Gasteiger partial charge in [-0.2, -0.15) is 21.6 Å². The molecular weight excluding hydrogens is 359 g/mol. The van der Waals surface area contributed by atoms with Gasteiger partial charge in [-0.15, -0.1) is 4.40 Å². The van der Waals surface area contributed by atoms with E-state index < -0.39 is 53.3 Å². The van der Waals surface area contributed by atoms with Crippen LogP contribution in [0.4, 0.5) is 18.9 Å². The second-order valence-electron chi connectivity index (χ2n) is 4.97. The first kappa shape index (κ1) is 17.7. The first-order chi connectivity index (χ1) is 10.3. The number of nitrogens with zero attached hydrogens (tertiary/aromatic N) is 1. The first-order valence-corrected chi connectivity index (χ1v) is 9.10. The fourth-order valence-electron chi connectivity index (χ4n) is 1.93. The van der Waals surface area contributed by atoms with Gasteiger partial charge in [-0.1, -0.05) is 0 Å². The lowest BCUT2D eigenvalue weighted by Crippen LogP contribution is -2.32. The molecule has 12 heteroatoms. The van der Waals surface area contributed by atoms with Gasteiger partial charge in [0.25, 0.3) is 10.0 Å². The van der Waals surface area contributed by atoms with Crippen LogP contribution < -0.4 is 10.0 Å². The van der Waals surface area contributed by atoms with Crippen molar-refractivity contribution in [2.75, 3.05) is 5.32 Å². The van der Waals surface area contributed by atoms with Crippen LogP contribution in [0.5, 0.6) is 0 Å². The molecule has 0 saturated carbocycles. The summed E-state index contributed by atoms with van der Waals surface area (Å²) in [7, 11) is -8.84. The maximum Gasteiger partial charge on any atom is 0.417 e. The summed E-state index contributed by atoms with van der Waals surface area (Å²) in [6.07, 6.45) is -4.27. The van der Waals surface area contributed by atoms with Crippen molar-refractivity contribution in [3.63, 3.8) is 0 Å². The minimum Gasteiger partial charge on any atom is -0.345 e. The third-order valence-corrected chi connectivity index (χ3v) is 5.73. The van der Waals surface area contributed by atoms with E-state index in [0.717, 1.165) is 6.34 Å². The number of sulfonamides is 2. The minimum absolute atomic E-state index is 0.393. The van der Waals surface area contributed by atoms with Crippen LogP contribution in [0, 0.1) is 0 Å². The van der Waals surface area contributed by atoms with E-state index in [1.54, 1.807) is 0 Å². The number of hydrogen-bond donors (Lipinski definition) is 2. The summed E-state index contributed by atoms with van der Waals surface area (Å²) in [4.78, 5) is -1.81. The molecule has 0 atom stereocenters. The molecule has 1 heterocycles. The van der Waals surface area contributed by atoms with Crippen molar-refractivity contribution in [2.24, 2.45) is 4.40 Å². The molecule has 7 nitrogen and oxygen atoms in total. The zero-order valence-electron chi connectivity index (χ0n) is 11.8. The summed E-state index contributed by atoms with van der Waals surface area (Å²) in [6.45, 7) is 2.84. The average molecular weight is 371 g/mol. The predicted octanol–water partition coefficient (Wildman–Crippen LogP) is 1.53. The van der Waals surface area contributed by atoms with Gasteiger partial charge in [0.15, 0.2) is 0 Å². The number of hydrogen-bond acceptors (Lipinski definition) is 5. The summed E-state index contributed by atoms with van der Waals surface area (Å²) in [5.41, 5.74) is -1.86. The molecule has 2 N–H and O–H groups in total. The van der Waals surface area contributed by atoms with E-state index in [1.807, 2.05) is 4.72 Å². The van der Waals surface area contributed by atoms with Gasteiger partial charge in [-0.25, -0.2) is 13.1 Å². The van der Waals surface area contributed by atoms with E-state index in [4.69, 9.17) is 0 Å². The Balaban J connectivity index is 2.81. The number of anilines is 1. The number of alkyl halides is 3. The standard InChI is InChI=1S/C11H12F3N3O4S2/c1-6(2)17-23(20,21)9-4-10-8(3-7(9)11(12,13)14)15-5-16-22(10,18)19/h3-6,17H,1-2H3,(H,15,16). The smallest absolute Gasteiger partial charge is 0.345 e. The summed E-state index contributed by atoms with van der Waals surface area (Å²) >= 11 is 0. The number of benzene rings is 1. The Morgan fingerprint density at radius 3 is 2.39 bits per heavy atom. The van der Waals surface area contributed by atoms with Crippen LogP contribution in [0.15, 0.2) is 26.3 Å². The van der Waals surface area contributed by atoms with Crippen LogP contribution in [0.25, 0.3) is 0 Å². The third kappa shape index (κ3) is 3.48. The number of rotatable bonds is 3. The van der Waals surface area contributed by atoms with Gasteiger partial charge in [-0.05, 0) is 26.0 Å². The molecule has 0 bridgehead atoms. The summed E-state index contributed by atoms with van der Waals surface area (Å²) < 4.78 is 92.5. The van der Waals surface area contributed by atoms with Gasteiger partial charge in [-0.3, -0.25) is 0 Å². The number of halogens is 3. The molecule has 128 valence electrons. The predicted molar refractivity (Wildman–Crippen MR) is 76.2 cm³/mol. The molecule has 0 spiro atoms. The Labute approximate surface area is 130 Å². The molecule has 0 aliphatic carbocycles. The normalized spacial score (nSPS) is 17.0. The van der Waals surface area contributed by atoms with Crippen molar-refractivity contribution in [3.05, 3.63) is 17.7 Å². The Bertz CT molecular complexity index is 875. The summed E-state index contributed by atoms with van der Waals surface area (Å²) in [6, 6.07) is 0.221. The van der Waals surface area contributed by atoms with Crippen molar-refractivity contribution in [2.45, 2.75) is 35.9 Å². The first-order valence-electron chi connectivity index (χ1n) is 6.17.